The molecule has 0 bridgehead atoms. The Morgan fingerprint density at radius 2 is 1.66 bits per heavy atom. The number of carbonyl (C=O) groups is 5. The first kappa shape index (κ1) is 27.9. The summed E-state index contributed by atoms with van der Waals surface area (Å²) in [5.41, 5.74) is 0.977. The minimum absolute atomic E-state index is 0.0851. The third-order valence-corrected chi connectivity index (χ3v) is 5.12. The van der Waals surface area contributed by atoms with Crippen LogP contribution in [0.4, 0.5) is 5.69 Å². The molecular weight excluding hydrogens is 462 g/mol. The molecule has 192 valence electrons. The molecular formula is C23H31N3O9. The molecule has 35 heavy (non-hydrogen) atoms. The van der Waals surface area contributed by atoms with Gasteiger partial charge in [-0.05, 0) is 25.0 Å². The van der Waals surface area contributed by atoms with Crippen molar-refractivity contribution in [1.29, 1.82) is 0 Å². The number of carboxylic acid groups (broad SMARTS) is 1. The number of benzene rings is 1. The fourth-order valence-electron chi connectivity index (χ4n) is 3.61. The Hall–Kier alpha value is -3.35. The van der Waals surface area contributed by atoms with Crippen LogP contribution in [0.25, 0.3) is 0 Å². The normalized spacial score (nSPS) is 16.9. The molecule has 3 rings (SSSR count). The van der Waals surface area contributed by atoms with Crippen LogP contribution in [0.1, 0.15) is 46.9 Å². The number of anilines is 1. The molecule has 0 radical (unpaired) electrons. The van der Waals surface area contributed by atoms with Crippen LogP contribution in [0.2, 0.25) is 0 Å². The summed E-state index contributed by atoms with van der Waals surface area (Å²) >= 11 is 0. The van der Waals surface area contributed by atoms with E-state index in [1.165, 1.54) is 0 Å². The smallest absolute Gasteiger partial charge is 0.290 e. The van der Waals surface area contributed by atoms with E-state index in [0.717, 1.165) is 17.9 Å². The number of hydrogen-bond donors (Lipinski definition) is 3. The summed E-state index contributed by atoms with van der Waals surface area (Å²) in [5.74, 6) is -2.10. The Labute approximate surface area is 202 Å². The van der Waals surface area contributed by atoms with Crippen LogP contribution in [0, 0.1) is 0 Å². The molecule has 2 aliphatic rings. The van der Waals surface area contributed by atoms with Gasteiger partial charge in [-0.3, -0.25) is 34.2 Å². The second kappa shape index (κ2) is 14.8. The van der Waals surface area contributed by atoms with E-state index in [1.807, 2.05) is 0 Å². The second-order valence-electron chi connectivity index (χ2n) is 7.54. The maximum absolute atomic E-state index is 13.0. The van der Waals surface area contributed by atoms with Gasteiger partial charge in [-0.25, -0.2) is 0 Å². The lowest BCUT2D eigenvalue weighted by Gasteiger charge is -2.27. The molecule has 1 fully saturated rings. The zero-order valence-corrected chi connectivity index (χ0v) is 19.6. The van der Waals surface area contributed by atoms with Crippen molar-refractivity contribution >= 4 is 35.8 Å². The molecule has 2 aliphatic heterocycles. The summed E-state index contributed by atoms with van der Waals surface area (Å²) < 4.78 is 16.2. The van der Waals surface area contributed by atoms with Crippen LogP contribution in [0.3, 0.4) is 0 Å². The van der Waals surface area contributed by atoms with Crippen molar-refractivity contribution in [2.24, 2.45) is 0 Å². The Bertz CT molecular complexity index is 906. The topological polar surface area (TPSA) is 161 Å². The maximum Gasteiger partial charge on any atom is 0.290 e. The zero-order chi connectivity index (χ0) is 25.6. The zero-order valence-electron chi connectivity index (χ0n) is 19.6. The summed E-state index contributed by atoms with van der Waals surface area (Å²) in [6.07, 6.45) is 1.19. The average Bonchev–Trinajstić information content (AvgIpc) is 3.09. The fraction of sp³-hybridized carbons (Fsp3) is 0.522. The lowest BCUT2D eigenvalue weighted by Crippen LogP contribution is -2.54. The maximum atomic E-state index is 13.0. The summed E-state index contributed by atoms with van der Waals surface area (Å²) in [7, 11) is 0. The molecule has 0 aliphatic carbocycles. The molecule has 3 N–H and O–H groups in total. The monoisotopic (exact) mass is 493 g/mol. The van der Waals surface area contributed by atoms with Crippen LogP contribution >= 0.6 is 0 Å². The highest BCUT2D eigenvalue weighted by Gasteiger charge is 2.45. The van der Waals surface area contributed by atoms with Gasteiger partial charge in [-0.2, -0.15) is 0 Å². The molecule has 1 aromatic rings. The molecule has 1 unspecified atom stereocenters. The van der Waals surface area contributed by atoms with Crippen molar-refractivity contribution < 1.29 is 43.3 Å². The summed E-state index contributed by atoms with van der Waals surface area (Å²) in [6, 6.07) is 3.96. The van der Waals surface area contributed by atoms with E-state index in [0.29, 0.717) is 45.3 Å². The van der Waals surface area contributed by atoms with Crippen molar-refractivity contribution in [3.63, 3.8) is 0 Å². The van der Waals surface area contributed by atoms with Crippen molar-refractivity contribution in [2.75, 3.05) is 51.5 Å². The van der Waals surface area contributed by atoms with Gasteiger partial charge in [-0.1, -0.05) is 13.0 Å². The first-order chi connectivity index (χ1) is 17.0. The summed E-state index contributed by atoms with van der Waals surface area (Å²) in [4.78, 5) is 58.7. The number of rotatable bonds is 13. The number of piperidine rings is 1. The van der Waals surface area contributed by atoms with Crippen LogP contribution < -0.4 is 10.6 Å². The molecule has 4 amide bonds. The number of fused-ring (bicyclic) bond motifs is 1. The highest BCUT2D eigenvalue weighted by molar-refractivity contribution is 6.25. The number of amides is 4. The second-order valence-corrected chi connectivity index (χ2v) is 7.54. The first-order valence-corrected chi connectivity index (χ1v) is 11.4. The lowest BCUT2D eigenvalue weighted by atomic mass is 10.0. The van der Waals surface area contributed by atoms with E-state index < -0.39 is 29.7 Å². The standard InChI is InChI=1S/C22H29N3O7.CH2O2/c1-2-9-30-11-13-32-14-12-31-10-8-23-16-5-3-4-15-19(16)22(29)25(21(15)28)17-6-7-18(26)24-20(17)27;2-1-3/h3-5,17,23H,2,6-14H2,1H3,(H,24,26,27);1H,(H,2,3). The highest BCUT2D eigenvalue weighted by Crippen LogP contribution is 2.32. The molecule has 1 saturated heterocycles. The molecule has 0 spiro atoms. The molecule has 0 aromatic heterocycles. The SMILES string of the molecule is CCCOCCOCCOCCNc1cccc2c1C(=O)N(C1CCC(=O)NC1=O)C2=O.O=CO. The number of ether oxygens (including phenoxy) is 3. The van der Waals surface area contributed by atoms with Gasteiger partial charge in [0, 0.05) is 25.3 Å². The molecule has 0 saturated carbocycles. The van der Waals surface area contributed by atoms with Gasteiger partial charge in [0.15, 0.2) is 0 Å². The van der Waals surface area contributed by atoms with Crippen LogP contribution in [-0.4, -0.2) is 92.3 Å². The van der Waals surface area contributed by atoms with Gasteiger partial charge in [0.25, 0.3) is 18.3 Å². The fourth-order valence-corrected chi connectivity index (χ4v) is 3.61. The third-order valence-electron chi connectivity index (χ3n) is 5.12. The molecule has 2 heterocycles. The van der Waals surface area contributed by atoms with Crippen LogP contribution in [0.5, 0.6) is 0 Å². The van der Waals surface area contributed by atoms with Gasteiger partial charge in [-0.15, -0.1) is 0 Å². The van der Waals surface area contributed by atoms with E-state index in [4.69, 9.17) is 24.1 Å². The predicted octanol–water partition coefficient (Wildman–Crippen LogP) is 0.660. The molecule has 1 aromatic carbocycles. The van der Waals surface area contributed by atoms with E-state index in [-0.39, 0.29) is 30.4 Å². The van der Waals surface area contributed by atoms with Crippen LogP contribution in [0.15, 0.2) is 18.2 Å². The van der Waals surface area contributed by atoms with Gasteiger partial charge < -0.3 is 24.6 Å². The highest BCUT2D eigenvalue weighted by atomic mass is 16.5. The largest absolute Gasteiger partial charge is 0.483 e. The van der Waals surface area contributed by atoms with E-state index >= 15 is 0 Å². The van der Waals surface area contributed by atoms with Crippen molar-refractivity contribution in [3.05, 3.63) is 29.3 Å². The number of nitrogens with one attached hydrogen (secondary N) is 2. The summed E-state index contributed by atoms with van der Waals surface area (Å²) in [6.45, 7) is 5.33. The first-order valence-electron chi connectivity index (χ1n) is 11.4. The minimum Gasteiger partial charge on any atom is -0.483 e. The quantitative estimate of drug-likeness (QED) is 0.202. The lowest BCUT2D eigenvalue weighted by molar-refractivity contribution is -0.136. The van der Waals surface area contributed by atoms with Crippen LogP contribution in [-0.2, 0) is 28.6 Å². The predicted molar refractivity (Wildman–Crippen MR) is 123 cm³/mol. The van der Waals surface area contributed by atoms with Gasteiger partial charge in [0.1, 0.15) is 6.04 Å². The Balaban J connectivity index is 0.00000137. The van der Waals surface area contributed by atoms with Crippen molar-refractivity contribution in [1.82, 2.24) is 10.2 Å². The number of imide groups is 2. The Morgan fingerprint density at radius 3 is 2.29 bits per heavy atom. The Morgan fingerprint density at radius 1 is 1.03 bits per heavy atom. The Kier molecular flexibility index (Phi) is 11.8. The van der Waals surface area contributed by atoms with Gasteiger partial charge in [0.2, 0.25) is 11.8 Å². The molecule has 12 heteroatoms. The van der Waals surface area contributed by atoms with Gasteiger partial charge in [0.05, 0.1) is 44.2 Å². The van der Waals surface area contributed by atoms with Gasteiger partial charge >= 0.3 is 0 Å². The minimum atomic E-state index is -0.983. The molecule has 1 atom stereocenters. The number of nitrogens with zero attached hydrogens (tertiary/aromatic N) is 1. The van der Waals surface area contributed by atoms with E-state index in [2.05, 4.69) is 17.6 Å². The third kappa shape index (κ3) is 7.84. The van der Waals surface area contributed by atoms with Crippen molar-refractivity contribution in [3.8, 4) is 0 Å². The number of hydrogen-bond acceptors (Lipinski definition) is 9. The van der Waals surface area contributed by atoms with E-state index in [1.54, 1.807) is 18.2 Å². The van der Waals surface area contributed by atoms with E-state index in [9.17, 15) is 19.2 Å². The van der Waals surface area contributed by atoms with Crippen molar-refractivity contribution in [2.45, 2.75) is 32.2 Å². The summed E-state index contributed by atoms with van der Waals surface area (Å²) in [5, 5.41) is 12.2. The number of carbonyl (C=O) groups excluding carboxylic acids is 4. The average molecular weight is 494 g/mol. The molecule has 12 nitrogen and oxygen atoms in total.